The Morgan fingerprint density at radius 1 is 1.62 bits per heavy atom. The molecule has 0 aliphatic heterocycles. The van der Waals surface area contributed by atoms with Gasteiger partial charge in [0.25, 0.3) is 0 Å². The smallest absolute Gasteiger partial charge is 0.173 e. The molecule has 0 radical (unpaired) electrons. The Morgan fingerprint density at radius 3 is 2.92 bits per heavy atom. The average Bonchev–Trinajstić information content (AvgIpc) is 2.55. The van der Waals surface area contributed by atoms with E-state index in [-0.39, 0.29) is 0 Å². The van der Waals surface area contributed by atoms with E-state index in [1.807, 2.05) is 17.5 Å². The van der Waals surface area contributed by atoms with Crippen LogP contribution in [0.5, 0.6) is 0 Å². The molecule has 1 nitrogen and oxygen atoms in total. The van der Waals surface area contributed by atoms with E-state index in [2.05, 4.69) is 13.8 Å². The van der Waals surface area contributed by atoms with Crippen molar-refractivity contribution in [1.82, 2.24) is 0 Å². The summed E-state index contributed by atoms with van der Waals surface area (Å²) in [6.07, 6.45) is 3.02. The van der Waals surface area contributed by atoms with E-state index in [1.54, 1.807) is 11.3 Å². The molecule has 0 aromatic carbocycles. The fourth-order valence-electron chi connectivity index (χ4n) is 1.45. The molecule has 13 heavy (non-hydrogen) atoms. The third-order valence-corrected chi connectivity index (χ3v) is 3.02. The highest BCUT2D eigenvalue weighted by atomic mass is 32.1. The van der Waals surface area contributed by atoms with Crippen LogP contribution in [0.15, 0.2) is 17.5 Å². The molecule has 1 aromatic rings. The fraction of sp³-hybridized carbons (Fsp3) is 0.545. The molecular formula is C11H16OS. The summed E-state index contributed by atoms with van der Waals surface area (Å²) in [5, 5.41) is 1.96. The molecule has 2 heteroatoms. The van der Waals surface area contributed by atoms with Crippen LogP contribution in [0, 0.1) is 5.92 Å². The summed E-state index contributed by atoms with van der Waals surface area (Å²) in [6, 6.07) is 3.84. The van der Waals surface area contributed by atoms with Crippen molar-refractivity contribution in [2.75, 3.05) is 0 Å². The van der Waals surface area contributed by atoms with Crippen molar-refractivity contribution in [3.63, 3.8) is 0 Å². The molecule has 1 aromatic heterocycles. The largest absolute Gasteiger partial charge is 0.293 e. The number of Topliss-reactive ketones (excluding diaryl/α,β-unsaturated/α-hetero) is 1. The number of carbonyl (C=O) groups excluding carboxylic acids is 1. The first-order chi connectivity index (χ1) is 6.24. The first-order valence-corrected chi connectivity index (χ1v) is 5.68. The maximum absolute atomic E-state index is 11.6. The lowest BCUT2D eigenvalue weighted by Gasteiger charge is -2.06. The highest BCUT2D eigenvalue weighted by Crippen LogP contribution is 2.17. The van der Waals surface area contributed by atoms with Crippen LogP contribution in [0.1, 0.15) is 42.8 Å². The number of ketones is 1. The van der Waals surface area contributed by atoms with Gasteiger partial charge in [0.05, 0.1) is 4.88 Å². The molecule has 1 rings (SSSR count). The number of hydrogen-bond acceptors (Lipinski definition) is 2. The minimum Gasteiger partial charge on any atom is -0.293 e. The summed E-state index contributed by atoms with van der Waals surface area (Å²) in [5.41, 5.74) is 0. The van der Waals surface area contributed by atoms with Gasteiger partial charge in [-0.3, -0.25) is 4.79 Å². The van der Waals surface area contributed by atoms with Gasteiger partial charge in [0.1, 0.15) is 0 Å². The van der Waals surface area contributed by atoms with E-state index in [9.17, 15) is 4.79 Å². The van der Waals surface area contributed by atoms with Crippen LogP contribution in [-0.2, 0) is 0 Å². The maximum atomic E-state index is 11.6. The molecule has 1 unspecified atom stereocenters. The van der Waals surface area contributed by atoms with Crippen LogP contribution < -0.4 is 0 Å². The van der Waals surface area contributed by atoms with Crippen molar-refractivity contribution in [2.24, 2.45) is 5.92 Å². The molecule has 0 bridgehead atoms. The van der Waals surface area contributed by atoms with Crippen molar-refractivity contribution in [3.05, 3.63) is 22.4 Å². The zero-order valence-corrected chi connectivity index (χ0v) is 9.06. The second kappa shape index (κ2) is 5.18. The molecule has 1 atom stereocenters. The van der Waals surface area contributed by atoms with Gasteiger partial charge in [-0.05, 0) is 17.4 Å². The summed E-state index contributed by atoms with van der Waals surface area (Å²) < 4.78 is 0. The van der Waals surface area contributed by atoms with Gasteiger partial charge >= 0.3 is 0 Å². The zero-order chi connectivity index (χ0) is 9.68. The van der Waals surface area contributed by atoms with Gasteiger partial charge in [0.2, 0.25) is 0 Å². The Morgan fingerprint density at radius 2 is 2.38 bits per heavy atom. The first kappa shape index (κ1) is 10.5. The number of rotatable bonds is 5. The Balaban J connectivity index is 2.42. The summed E-state index contributed by atoms with van der Waals surface area (Å²) in [6.45, 7) is 4.31. The minimum absolute atomic E-state index is 0.302. The van der Waals surface area contributed by atoms with Crippen LogP contribution in [0.25, 0.3) is 0 Å². The van der Waals surface area contributed by atoms with Crippen LogP contribution in [0.3, 0.4) is 0 Å². The van der Waals surface area contributed by atoms with Gasteiger partial charge in [-0.25, -0.2) is 0 Å². The van der Waals surface area contributed by atoms with Gasteiger partial charge in [0.15, 0.2) is 5.78 Å². The fourth-order valence-corrected chi connectivity index (χ4v) is 2.12. The Hall–Kier alpha value is -0.630. The van der Waals surface area contributed by atoms with Gasteiger partial charge < -0.3 is 0 Å². The van der Waals surface area contributed by atoms with Crippen molar-refractivity contribution >= 4 is 17.1 Å². The lowest BCUT2D eigenvalue weighted by Crippen LogP contribution is -2.04. The normalized spacial score (nSPS) is 12.8. The van der Waals surface area contributed by atoms with Crippen molar-refractivity contribution in [2.45, 2.75) is 33.1 Å². The van der Waals surface area contributed by atoms with Crippen LogP contribution in [-0.4, -0.2) is 5.78 Å². The zero-order valence-electron chi connectivity index (χ0n) is 8.25. The molecule has 0 amide bonds. The standard InChI is InChI=1S/C11H16OS/c1-3-5-9(2)8-10(12)11-6-4-7-13-11/h4,6-7,9H,3,5,8H2,1-2H3. The van der Waals surface area contributed by atoms with Gasteiger partial charge in [-0.15, -0.1) is 11.3 Å². The Labute approximate surface area is 83.8 Å². The third-order valence-electron chi connectivity index (χ3n) is 2.11. The van der Waals surface area contributed by atoms with Crippen molar-refractivity contribution < 1.29 is 4.79 Å². The summed E-state index contributed by atoms with van der Waals surface area (Å²) >= 11 is 1.54. The predicted molar refractivity (Wildman–Crippen MR) is 57.3 cm³/mol. The summed E-state index contributed by atoms with van der Waals surface area (Å²) in [5.74, 6) is 0.829. The maximum Gasteiger partial charge on any atom is 0.173 e. The van der Waals surface area contributed by atoms with E-state index in [1.165, 1.54) is 6.42 Å². The topological polar surface area (TPSA) is 17.1 Å². The van der Waals surface area contributed by atoms with Gasteiger partial charge in [-0.1, -0.05) is 32.8 Å². The predicted octanol–water partition coefficient (Wildman–Crippen LogP) is 3.76. The molecule has 0 saturated carbocycles. The first-order valence-electron chi connectivity index (χ1n) is 4.80. The van der Waals surface area contributed by atoms with Gasteiger partial charge in [0, 0.05) is 6.42 Å². The number of carbonyl (C=O) groups is 1. The SMILES string of the molecule is CCCC(C)CC(=O)c1cccs1. The summed E-state index contributed by atoms with van der Waals surface area (Å²) in [7, 11) is 0. The second-order valence-electron chi connectivity index (χ2n) is 3.50. The quantitative estimate of drug-likeness (QED) is 0.655. The molecule has 0 fully saturated rings. The van der Waals surface area contributed by atoms with E-state index in [0.717, 1.165) is 11.3 Å². The van der Waals surface area contributed by atoms with E-state index >= 15 is 0 Å². The second-order valence-corrected chi connectivity index (χ2v) is 4.45. The van der Waals surface area contributed by atoms with E-state index in [4.69, 9.17) is 0 Å². The minimum atomic E-state index is 0.302. The third kappa shape index (κ3) is 3.31. The molecule has 0 aliphatic carbocycles. The lowest BCUT2D eigenvalue weighted by atomic mass is 9.99. The molecule has 0 saturated heterocycles. The molecular weight excluding hydrogens is 180 g/mol. The lowest BCUT2D eigenvalue weighted by molar-refractivity contribution is 0.0966. The Bertz CT molecular complexity index is 251. The highest BCUT2D eigenvalue weighted by Gasteiger charge is 2.10. The van der Waals surface area contributed by atoms with Gasteiger partial charge in [-0.2, -0.15) is 0 Å². The van der Waals surface area contributed by atoms with E-state index in [0.29, 0.717) is 18.1 Å². The van der Waals surface area contributed by atoms with Crippen LogP contribution in [0.2, 0.25) is 0 Å². The molecule has 72 valence electrons. The van der Waals surface area contributed by atoms with Crippen molar-refractivity contribution in [3.8, 4) is 0 Å². The number of hydrogen-bond donors (Lipinski definition) is 0. The number of thiophene rings is 1. The highest BCUT2D eigenvalue weighted by molar-refractivity contribution is 7.12. The van der Waals surface area contributed by atoms with Crippen LogP contribution >= 0.6 is 11.3 Å². The average molecular weight is 196 g/mol. The molecule has 0 spiro atoms. The summed E-state index contributed by atoms with van der Waals surface area (Å²) in [4.78, 5) is 12.5. The molecule has 0 aliphatic rings. The molecule has 0 N–H and O–H groups in total. The molecule has 1 heterocycles. The Kier molecular flexibility index (Phi) is 4.16. The van der Waals surface area contributed by atoms with E-state index < -0.39 is 0 Å². The van der Waals surface area contributed by atoms with Crippen LogP contribution in [0.4, 0.5) is 0 Å². The monoisotopic (exact) mass is 196 g/mol. The van der Waals surface area contributed by atoms with Crippen molar-refractivity contribution in [1.29, 1.82) is 0 Å².